The van der Waals surface area contributed by atoms with Gasteiger partial charge in [-0.05, 0) is 109 Å². The van der Waals surface area contributed by atoms with Gasteiger partial charge in [-0.1, -0.05) is 70.9 Å². The van der Waals surface area contributed by atoms with Gasteiger partial charge in [-0.2, -0.15) is 8.42 Å². The summed E-state index contributed by atoms with van der Waals surface area (Å²) < 4.78 is 42.1. The molecule has 1 saturated carbocycles. The van der Waals surface area contributed by atoms with Crippen molar-refractivity contribution in [2.75, 3.05) is 32.6 Å². The van der Waals surface area contributed by atoms with Gasteiger partial charge in [0.2, 0.25) is 11.8 Å². The van der Waals surface area contributed by atoms with E-state index in [1.54, 1.807) is 17.0 Å². The summed E-state index contributed by atoms with van der Waals surface area (Å²) in [7, 11) is -1.56. The van der Waals surface area contributed by atoms with E-state index in [4.69, 9.17) is 19.5 Å². The molecule has 0 unspecified atom stereocenters. The van der Waals surface area contributed by atoms with E-state index in [-0.39, 0.29) is 58.2 Å². The Morgan fingerprint density at radius 1 is 0.838 bits per heavy atom. The molecule has 3 amide bonds. The molecule has 6 aliphatic rings. The fraction of sp³-hybridized carbons (Fsp3) is 0.519. The highest BCUT2D eigenvalue weighted by Gasteiger charge is 2.45. The number of rotatable bonds is 12. The predicted molar refractivity (Wildman–Crippen MR) is 260 cm³/mol. The molecular formula is C52H63N7O8S. The van der Waals surface area contributed by atoms with Crippen molar-refractivity contribution in [1.82, 2.24) is 20.1 Å². The smallest absolute Gasteiger partial charge is 0.407 e. The van der Waals surface area contributed by atoms with E-state index < -0.39 is 34.1 Å². The number of benzene rings is 2. The van der Waals surface area contributed by atoms with Crippen LogP contribution in [0.25, 0.3) is 28.0 Å². The topological polar surface area (TPSA) is 189 Å². The molecule has 4 atom stereocenters. The summed E-state index contributed by atoms with van der Waals surface area (Å²) in [6.07, 6.45) is 13.1. The third-order valence-electron chi connectivity index (χ3n) is 15.4. The number of nitrogens with one attached hydrogen (secondary N) is 2. The number of allylic oxidation sites excluding steroid dienone is 1. The number of carbonyl (C=O) groups is 4. The molecule has 0 bridgehead atoms. The second kappa shape index (κ2) is 18.9. The number of hydrogen-bond donors (Lipinski definition) is 2. The van der Waals surface area contributed by atoms with E-state index in [9.17, 15) is 27.6 Å². The van der Waals surface area contributed by atoms with E-state index in [0.717, 1.165) is 90.6 Å². The maximum absolute atomic E-state index is 14.1. The van der Waals surface area contributed by atoms with Crippen molar-refractivity contribution in [3.05, 3.63) is 71.6 Å². The van der Waals surface area contributed by atoms with Gasteiger partial charge in [0.25, 0.3) is 10.0 Å². The molecule has 2 aromatic carbocycles. The Bertz CT molecular complexity index is 2720. The zero-order valence-electron chi connectivity index (χ0n) is 40.0. The van der Waals surface area contributed by atoms with Crippen LogP contribution in [0.2, 0.25) is 0 Å². The van der Waals surface area contributed by atoms with Crippen molar-refractivity contribution in [2.24, 2.45) is 27.1 Å². The molecule has 68 heavy (non-hydrogen) atoms. The number of anilines is 1. The maximum atomic E-state index is 14.1. The highest BCUT2D eigenvalue weighted by Crippen LogP contribution is 2.55. The molecule has 15 nitrogen and oxygen atoms in total. The van der Waals surface area contributed by atoms with Gasteiger partial charge < -0.3 is 29.9 Å². The van der Waals surface area contributed by atoms with E-state index in [1.807, 2.05) is 51.1 Å². The molecule has 2 N–H and O–H groups in total. The molecule has 16 heteroatoms. The van der Waals surface area contributed by atoms with Crippen molar-refractivity contribution in [3.63, 3.8) is 0 Å². The molecule has 3 fully saturated rings. The van der Waals surface area contributed by atoms with Crippen LogP contribution in [-0.4, -0.2) is 104 Å². The summed E-state index contributed by atoms with van der Waals surface area (Å²) in [5.41, 5.74) is 9.71. The monoisotopic (exact) mass is 945 g/mol. The number of aromatic nitrogens is 1. The number of nitrogens with zero attached hydrogens (tertiary/aromatic N) is 5. The van der Waals surface area contributed by atoms with Crippen molar-refractivity contribution in [1.29, 1.82) is 0 Å². The number of carbonyl (C=O) groups excluding carboxylic acids is 4. The normalized spacial score (nSPS) is 22.0. The Hall–Kier alpha value is -5.90. The number of amides is 3. The molecule has 3 aromatic rings. The first-order chi connectivity index (χ1) is 32.6. The number of sulfonamides is 1. The number of ether oxygens (including phenoxy) is 2. The number of alkyl carbamates (subject to hydrolysis) is 1. The minimum Gasteiger partial charge on any atom is -0.469 e. The van der Waals surface area contributed by atoms with Crippen LogP contribution in [0.4, 0.5) is 10.5 Å². The maximum Gasteiger partial charge on any atom is 0.407 e. The average molecular weight is 946 g/mol. The van der Waals surface area contributed by atoms with Crippen LogP contribution in [0.1, 0.15) is 115 Å². The van der Waals surface area contributed by atoms with Gasteiger partial charge >= 0.3 is 12.1 Å². The third-order valence-corrected chi connectivity index (χ3v) is 16.7. The predicted octanol–water partition coefficient (Wildman–Crippen LogP) is 8.07. The van der Waals surface area contributed by atoms with E-state index in [0.29, 0.717) is 38.0 Å². The lowest BCUT2D eigenvalue weighted by Gasteiger charge is -2.32. The highest BCUT2D eigenvalue weighted by atomic mass is 32.2. The Kier molecular flexibility index (Phi) is 13.1. The number of amidine groups is 1. The van der Waals surface area contributed by atoms with E-state index in [2.05, 4.69) is 39.3 Å². The second-order valence-electron chi connectivity index (χ2n) is 20.0. The number of fused-ring (bicyclic) bond motifs is 3. The molecule has 2 aliphatic carbocycles. The molecular weight excluding hydrogens is 883 g/mol. The molecule has 9 rings (SSSR count). The summed E-state index contributed by atoms with van der Waals surface area (Å²) in [6.45, 7) is 8.67. The van der Waals surface area contributed by atoms with Crippen molar-refractivity contribution < 1.29 is 37.1 Å². The lowest BCUT2D eigenvalue weighted by Crippen LogP contribution is -2.54. The molecule has 360 valence electrons. The first-order valence-corrected chi connectivity index (χ1v) is 25.7. The van der Waals surface area contributed by atoms with Gasteiger partial charge in [-0.25, -0.2) is 4.79 Å². The van der Waals surface area contributed by atoms with Crippen LogP contribution in [0.3, 0.4) is 0 Å². The molecule has 5 heterocycles. The Morgan fingerprint density at radius 3 is 2.19 bits per heavy atom. The highest BCUT2D eigenvalue weighted by molar-refractivity contribution is 7.90. The lowest BCUT2D eigenvalue weighted by molar-refractivity contribution is -0.148. The summed E-state index contributed by atoms with van der Waals surface area (Å²) in [6, 6.07) is 12.5. The third kappa shape index (κ3) is 8.73. The van der Waals surface area contributed by atoms with Gasteiger partial charge in [0, 0.05) is 48.7 Å². The largest absolute Gasteiger partial charge is 0.469 e. The molecule has 2 saturated heterocycles. The lowest BCUT2D eigenvalue weighted by atomic mass is 9.78. The van der Waals surface area contributed by atoms with Crippen molar-refractivity contribution >= 4 is 56.7 Å². The van der Waals surface area contributed by atoms with Gasteiger partial charge in [0.15, 0.2) is 0 Å². The fourth-order valence-corrected chi connectivity index (χ4v) is 12.9. The average Bonchev–Trinajstić information content (AvgIpc) is 4.20. The zero-order chi connectivity index (χ0) is 48.1. The number of likely N-dealkylation sites (tertiary alicyclic amines) is 2. The van der Waals surface area contributed by atoms with Crippen LogP contribution < -0.4 is 10.6 Å². The molecule has 0 radical (unpaired) electrons. The summed E-state index contributed by atoms with van der Waals surface area (Å²) >= 11 is 0. The summed E-state index contributed by atoms with van der Waals surface area (Å²) in [5, 5.41) is 5.91. The molecule has 1 spiro atoms. The number of aliphatic imine (C=N–C) groups is 1. The van der Waals surface area contributed by atoms with Gasteiger partial charge in [0.05, 0.1) is 50.0 Å². The van der Waals surface area contributed by atoms with Crippen LogP contribution in [0, 0.1) is 17.8 Å². The minimum absolute atomic E-state index is 0.000288. The summed E-state index contributed by atoms with van der Waals surface area (Å²) in [4.78, 5) is 65.6. The van der Waals surface area contributed by atoms with E-state index >= 15 is 0 Å². The van der Waals surface area contributed by atoms with Crippen molar-refractivity contribution in [2.45, 2.75) is 133 Å². The van der Waals surface area contributed by atoms with Crippen molar-refractivity contribution in [3.8, 4) is 22.4 Å². The Balaban J connectivity index is 0.948. The molecule has 1 aromatic heterocycles. The number of methoxy groups -OCH3 is 2. The van der Waals surface area contributed by atoms with Gasteiger partial charge in [-0.3, -0.25) is 24.4 Å². The zero-order valence-corrected chi connectivity index (χ0v) is 40.8. The molecule has 4 aliphatic heterocycles. The SMILES string of the molecule is COC(=O)C[C@H](C(=O)N1CCC[C@H]1C1=NC=C(c2ccc(-c3ncc(-c4ccc5c(c4)S(=O)(=O)N=C([C@@H]4CCCN4C(=O)[C@@H](NC(=O)OC)C(C)C)N5)c4c3C3(CCCC3)CC4)cc2)C1)C(C)C. The number of hydrogen-bond acceptors (Lipinski definition) is 11. The minimum atomic E-state index is -4.16. The second-order valence-corrected chi connectivity index (χ2v) is 21.6. The first-order valence-electron chi connectivity index (χ1n) is 24.3. The standard InChI is InChI=1S/C52H63N7O8S/c1-30(2)37(27-44(60)66-5)49(61)58-23-9-11-41(58)40-25-35(28-53-40)32-13-15-33(16-14-32)47-45-36(19-22-52(45)20-7-8-21-52)38(29-54-47)34-17-18-39-43(26-34)68(64,65)57-48(55-39)42-12-10-24-59(42)50(62)46(31(3)4)56-51(63)67-6/h13-18,26,28-31,37,41-42,46H,7-12,19-25,27H2,1-6H3,(H,55,57)(H,56,63)/t37-,41-,42-,46-/m0/s1. The van der Waals surface area contributed by atoms with Crippen LogP contribution in [0.5, 0.6) is 0 Å². The Labute approximate surface area is 399 Å². The fourth-order valence-electron chi connectivity index (χ4n) is 11.7. The van der Waals surface area contributed by atoms with Gasteiger partial charge in [0.1, 0.15) is 16.8 Å². The van der Waals surface area contributed by atoms with Crippen LogP contribution >= 0.6 is 0 Å². The van der Waals surface area contributed by atoms with Gasteiger partial charge in [-0.15, -0.1) is 4.40 Å². The number of esters is 1. The van der Waals surface area contributed by atoms with Crippen LogP contribution in [-0.2, 0) is 45.7 Å². The first kappa shape index (κ1) is 47.2. The van der Waals surface area contributed by atoms with Crippen LogP contribution in [0.15, 0.2) is 69.1 Å². The quantitative estimate of drug-likeness (QED) is 0.168. The van der Waals surface area contributed by atoms with E-state index in [1.165, 1.54) is 25.3 Å². The number of pyridine rings is 1. The Morgan fingerprint density at radius 2 is 1.51 bits per heavy atom. The summed E-state index contributed by atoms with van der Waals surface area (Å²) in [5.74, 6) is -1.17.